The van der Waals surface area contributed by atoms with E-state index in [0.717, 1.165) is 11.2 Å². The maximum atomic E-state index is 13.1. The highest BCUT2D eigenvalue weighted by Crippen LogP contribution is 2.32. The summed E-state index contributed by atoms with van der Waals surface area (Å²) in [6.45, 7) is 0.228. The number of thioether (sulfide) groups is 1. The van der Waals surface area contributed by atoms with E-state index >= 15 is 0 Å². The summed E-state index contributed by atoms with van der Waals surface area (Å²) in [7, 11) is -3.33. The molecule has 2 aromatic heterocycles. The summed E-state index contributed by atoms with van der Waals surface area (Å²) >= 11 is 8.60. The van der Waals surface area contributed by atoms with Crippen molar-refractivity contribution >= 4 is 65.8 Å². The van der Waals surface area contributed by atoms with Crippen molar-refractivity contribution in [2.45, 2.75) is 16.3 Å². The Labute approximate surface area is 192 Å². The molecule has 1 amide bonds. The third kappa shape index (κ3) is 5.30. The first kappa shape index (κ1) is 21.9. The monoisotopic (exact) mass is 492 g/mol. The van der Waals surface area contributed by atoms with Crippen molar-refractivity contribution in [2.24, 2.45) is 0 Å². The van der Waals surface area contributed by atoms with E-state index in [0.29, 0.717) is 26.1 Å². The number of anilines is 1. The molecule has 31 heavy (non-hydrogen) atoms. The van der Waals surface area contributed by atoms with Gasteiger partial charge in [0.2, 0.25) is 5.91 Å². The molecule has 0 aliphatic heterocycles. The maximum Gasteiger partial charge on any atom is 0.239 e. The molecule has 0 bridgehead atoms. The second-order valence-corrected chi connectivity index (χ2v) is 11.2. The SMILES string of the molecule is CS(=O)(=O)c1ccc2nc(N(Cc3ccco3)C(=O)CSc3ccc(Cl)cc3)sc2c1. The minimum atomic E-state index is -3.33. The Hall–Kier alpha value is -2.33. The van der Waals surface area contributed by atoms with Crippen LogP contribution in [0.1, 0.15) is 5.76 Å². The van der Waals surface area contributed by atoms with Crippen LogP contribution in [0.4, 0.5) is 5.13 Å². The predicted octanol–water partition coefficient (Wildman–Crippen LogP) is 5.27. The van der Waals surface area contributed by atoms with Crippen molar-refractivity contribution < 1.29 is 17.6 Å². The Morgan fingerprint density at radius 3 is 2.65 bits per heavy atom. The van der Waals surface area contributed by atoms with Crippen LogP contribution in [0.15, 0.2) is 75.1 Å². The molecule has 2 heterocycles. The normalized spacial score (nSPS) is 11.7. The smallest absolute Gasteiger partial charge is 0.239 e. The lowest BCUT2D eigenvalue weighted by Gasteiger charge is -2.18. The van der Waals surface area contributed by atoms with Gasteiger partial charge in [0.1, 0.15) is 5.76 Å². The van der Waals surface area contributed by atoms with E-state index in [4.69, 9.17) is 16.0 Å². The molecule has 0 saturated carbocycles. The van der Waals surface area contributed by atoms with E-state index in [9.17, 15) is 13.2 Å². The first-order valence-corrected chi connectivity index (χ1v) is 13.2. The average Bonchev–Trinajstić information content (AvgIpc) is 3.39. The standard InChI is InChI=1S/C21H17ClN2O4S3/c1-31(26,27)17-8-9-18-19(11-17)30-21(23-18)24(12-15-3-2-10-28-15)20(25)13-29-16-6-4-14(22)5-7-16/h2-11H,12-13H2,1H3. The Morgan fingerprint density at radius 2 is 1.97 bits per heavy atom. The van der Waals surface area contributed by atoms with Crippen molar-refractivity contribution in [1.29, 1.82) is 0 Å². The minimum absolute atomic E-state index is 0.140. The van der Waals surface area contributed by atoms with Crippen molar-refractivity contribution in [3.05, 3.63) is 71.6 Å². The number of nitrogens with zero attached hydrogens (tertiary/aromatic N) is 2. The second-order valence-electron chi connectivity index (χ2n) is 6.70. The zero-order valence-electron chi connectivity index (χ0n) is 16.3. The molecule has 0 radical (unpaired) electrons. The number of sulfone groups is 1. The highest BCUT2D eigenvalue weighted by Gasteiger charge is 2.22. The third-order valence-corrected chi connectivity index (χ3v) is 7.78. The summed E-state index contributed by atoms with van der Waals surface area (Å²) in [4.78, 5) is 20.4. The molecule has 0 aliphatic carbocycles. The third-order valence-electron chi connectivity index (χ3n) is 4.38. The van der Waals surface area contributed by atoms with Crippen LogP contribution in [0.3, 0.4) is 0 Å². The fourth-order valence-electron chi connectivity index (χ4n) is 2.81. The lowest BCUT2D eigenvalue weighted by atomic mass is 10.3. The van der Waals surface area contributed by atoms with Gasteiger partial charge in [0.15, 0.2) is 15.0 Å². The molecule has 0 saturated heterocycles. The molecular formula is C21H17ClN2O4S3. The molecule has 6 nitrogen and oxygen atoms in total. The Bertz CT molecular complexity index is 1320. The summed E-state index contributed by atoms with van der Waals surface area (Å²) in [5.41, 5.74) is 0.634. The molecule has 0 aliphatic rings. The molecular weight excluding hydrogens is 476 g/mol. The number of furan rings is 1. The van der Waals surface area contributed by atoms with Crippen LogP contribution < -0.4 is 4.90 Å². The largest absolute Gasteiger partial charge is 0.467 e. The molecule has 0 unspecified atom stereocenters. The van der Waals surface area contributed by atoms with E-state index < -0.39 is 9.84 Å². The number of aromatic nitrogens is 1. The van der Waals surface area contributed by atoms with Gasteiger partial charge in [-0.25, -0.2) is 13.4 Å². The zero-order chi connectivity index (χ0) is 22.0. The number of fused-ring (bicyclic) bond motifs is 1. The van der Waals surface area contributed by atoms with Crippen LogP contribution in [-0.4, -0.2) is 31.3 Å². The van der Waals surface area contributed by atoms with Crippen molar-refractivity contribution in [2.75, 3.05) is 16.9 Å². The van der Waals surface area contributed by atoms with Crippen molar-refractivity contribution in [1.82, 2.24) is 4.98 Å². The molecule has 4 aromatic rings. The number of halogens is 1. The minimum Gasteiger partial charge on any atom is -0.467 e. The van der Waals surface area contributed by atoms with Crippen LogP contribution in [-0.2, 0) is 21.2 Å². The molecule has 0 fully saturated rings. The van der Waals surface area contributed by atoms with Gasteiger partial charge in [-0.3, -0.25) is 9.69 Å². The van der Waals surface area contributed by atoms with Gasteiger partial charge in [-0.05, 0) is 54.6 Å². The lowest BCUT2D eigenvalue weighted by Crippen LogP contribution is -2.31. The molecule has 2 aromatic carbocycles. The number of rotatable bonds is 7. The maximum absolute atomic E-state index is 13.1. The van der Waals surface area contributed by atoms with Crippen LogP contribution in [0, 0.1) is 0 Å². The van der Waals surface area contributed by atoms with E-state index in [1.54, 1.807) is 47.6 Å². The number of carbonyl (C=O) groups is 1. The zero-order valence-corrected chi connectivity index (χ0v) is 19.5. The topological polar surface area (TPSA) is 80.5 Å². The van der Waals surface area contributed by atoms with E-state index in [-0.39, 0.29) is 23.1 Å². The second kappa shape index (κ2) is 9.04. The first-order chi connectivity index (χ1) is 14.8. The average molecular weight is 493 g/mol. The number of hydrogen-bond acceptors (Lipinski definition) is 7. The van der Waals surface area contributed by atoms with Gasteiger partial charge in [-0.1, -0.05) is 22.9 Å². The Kier molecular flexibility index (Phi) is 6.38. The first-order valence-electron chi connectivity index (χ1n) is 9.11. The van der Waals surface area contributed by atoms with E-state index in [1.165, 1.54) is 29.2 Å². The van der Waals surface area contributed by atoms with Crippen molar-refractivity contribution in [3.8, 4) is 0 Å². The van der Waals surface area contributed by atoms with Gasteiger partial charge in [-0.2, -0.15) is 0 Å². The Morgan fingerprint density at radius 1 is 1.19 bits per heavy atom. The van der Waals surface area contributed by atoms with Crippen LogP contribution in [0.25, 0.3) is 10.2 Å². The molecule has 0 N–H and O–H groups in total. The fraction of sp³-hybridized carbons (Fsp3) is 0.143. The molecule has 4 rings (SSSR count). The summed E-state index contributed by atoms with van der Waals surface area (Å²) in [5.74, 6) is 0.687. The van der Waals surface area contributed by atoms with E-state index in [2.05, 4.69) is 4.98 Å². The number of carbonyl (C=O) groups excluding carboxylic acids is 1. The highest BCUT2D eigenvalue weighted by atomic mass is 35.5. The lowest BCUT2D eigenvalue weighted by molar-refractivity contribution is -0.116. The van der Waals surface area contributed by atoms with Crippen LogP contribution >= 0.6 is 34.7 Å². The number of hydrogen-bond donors (Lipinski definition) is 0. The summed E-state index contributed by atoms with van der Waals surface area (Å²) in [5, 5.41) is 1.12. The summed E-state index contributed by atoms with van der Waals surface area (Å²) < 4.78 is 29.9. The van der Waals surface area contributed by atoms with Gasteiger partial charge < -0.3 is 4.42 Å². The van der Waals surface area contributed by atoms with Gasteiger partial charge in [0.05, 0.1) is 33.7 Å². The number of benzene rings is 2. The van der Waals surface area contributed by atoms with Gasteiger partial charge in [-0.15, -0.1) is 11.8 Å². The predicted molar refractivity (Wildman–Crippen MR) is 125 cm³/mol. The number of amides is 1. The Balaban J connectivity index is 1.62. The summed E-state index contributed by atoms with van der Waals surface area (Å²) in [6.07, 6.45) is 2.72. The van der Waals surface area contributed by atoms with E-state index in [1.807, 2.05) is 12.1 Å². The van der Waals surface area contributed by atoms with Gasteiger partial charge >= 0.3 is 0 Å². The molecule has 0 spiro atoms. The van der Waals surface area contributed by atoms with Crippen LogP contribution in [0.2, 0.25) is 5.02 Å². The fourth-order valence-corrected chi connectivity index (χ4v) is 5.46. The van der Waals surface area contributed by atoms with Gasteiger partial charge in [0, 0.05) is 16.2 Å². The molecule has 10 heteroatoms. The number of thiazole rings is 1. The molecule has 160 valence electrons. The van der Waals surface area contributed by atoms with Gasteiger partial charge in [0.25, 0.3) is 0 Å². The summed E-state index contributed by atoms with van der Waals surface area (Å²) in [6, 6.07) is 15.6. The molecule has 0 atom stereocenters. The quantitative estimate of drug-likeness (QED) is 0.327. The highest BCUT2D eigenvalue weighted by molar-refractivity contribution is 8.00. The van der Waals surface area contributed by atoms with Crippen molar-refractivity contribution in [3.63, 3.8) is 0 Å². The van der Waals surface area contributed by atoms with Crippen LogP contribution in [0.5, 0.6) is 0 Å².